The van der Waals surface area contributed by atoms with Crippen LogP contribution in [0.4, 0.5) is 0 Å². The molecule has 0 amide bonds. The lowest BCUT2D eigenvalue weighted by Gasteiger charge is -2.34. The summed E-state index contributed by atoms with van der Waals surface area (Å²) < 4.78 is 0. The maximum Gasteiger partial charge on any atom is 0.00388 e. The van der Waals surface area contributed by atoms with Crippen molar-refractivity contribution >= 4 is 0 Å². The van der Waals surface area contributed by atoms with Gasteiger partial charge in [0.2, 0.25) is 0 Å². The summed E-state index contributed by atoms with van der Waals surface area (Å²) in [6.45, 7) is 14.4. The van der Waals surface area contributed by atoms with E-state index in [4.69, 9.17) is 0 Å². The number of piperidine rings is 1. The first kappa shape index (κ1) is 15.0. The molecule has 0 aromatic carbocycles. The van der Waals surface area contributed by atoms with Crippen LogP contribution in [-0.4, -0.2) is 37.1 Å². The molecule has 0 atom stereocenters. The lowest BCUT2D eigenvalue weighted by Crippen LogP contribution is -2.41. The molecular formula is C15H32N2. The molecule has 0 radical (unpaired) electrons. The van der Waals surface area contributed by atoms with Crippen LogP contribution in [0.25, 0.3) is 0 Å². The molecule has 1 fully saturated rings. The summed E-state index contributed by atoms with van der Waals surface area (Å²) in [5, 5.41) is 3.46. The van der Waals surface area contributed by atoms with Gasteiger partial charge in [0.1, 0.15) is 0 Å². The molecule has 1 saturated heterocycles. The van der Waals surface area contributed by atoms with Crippen LogP contribution >= 0.6 is 0 Å². The van der Waals surface area contributed by atoms with Crippen molar-refractivity contribution in [1.29, 1.82) is 0 Å². The number of nitrogens with zero attached hydrogens (tertiary/aromatic N) is 1. The van der Waals surface area contributed by atoms with E-state index in [1.165, 1.54) is 51.9 Å². The van der Waals surface area contributed by atoms with Gasteiger partial charge >= 0.3 is 0 Å². The summed E-state index contributed by atoms with van der Waals surface area (Å²) in [6.07, 6.45) is 5.39. The van der Waals surface area contributed by atoms with Gasteiger partial charge in [0.05, 0.1) is 0 Å². The number of hydrogen-bond donors (Lipinski definition) is 1. The molecular weight excluding hydrogens is 208 g/mol. The lowest BCUT2D eigenvalue weighted by atomic mass is 9.95. The second kappa shape index (κ2) is 8.10. The summed E-state index contributed by atoms with van der Waals surface area (Å²) in [4.78, 5) is 2.72. The van der Waals surface area contributed by atoms with Crippen molar-refractivity contribution in [1.82, 2.24) is 10.2 Å². The van der Waals surface area contributed by atoms with Crippen LogP contribution in [0.1, 0.15) is 53.4 Å². The molecule has 0 unspecified atom stereocenters. The Hall–Kier alpha value is -0.0800. The second-order valence-corrected chi connectivity index (χ2v) is 5.92. The van der Waals surface area contributed by atoms with E-state index in [1.807, 2.05) is 0 Å². The first-order chi connectivity index (χ1) is 8.17. The zero-order valence-corrected chi connectivity index (χ0v) is 12.3. The fourth-order valence-corrected chi connectivity index (χ4v) is 2.77. The van der Waals surface area contributed by atoms with Crippen molar-refractivity contribution in [3.63, 3.8) is 0 Å². The Balaban J connectivity index is 2.41. The van der Waals surface area contributed by atoms with Crippen LogP contribution in [-0.2, 0) is 0 Å². The first-order valence-corrected chi connectivity index (χ1v) is 7.62. The average molecular weight is 240 g/mol. The molecule has 0 bridgehead atoms. The molecule has 102 valence electrons. The third kappa shape index (κ3) is 5.39. The van der Waals surface area contributed by atoms with Crippen molar-refractivity contribution in [3.05, 3.63) is 0 Å². The topological polar surface area (TPSA) is 15.3 Å². The highest BCUT2D eigenvalue weighted by Gasteiger charge is 2.20. The summed E-state index contributed by atoms with van der Waals surface area (Å²) >= 11 is 0. The quantitative estimate of drug-likeness (QED) is 0.735. The smallest absolute Gasteiger partial charge is 0.00388 e. The predicted octanol–water partition coefficient (Wildman–Crippen LogP) is 3.13. The zero-order valence-electron chi connectivity index (χ0n) is 12.3. The van der Waals surface area contributed by atoms with E-state index in [-0.39, 0.29) is 0 Å². The van der Waals surface area contributed by atoms with Crippen LogP contribution in [0.3, 0.4) is 0 Å². The molecule has 1 aliphatic heterocycles. The Bertz CT molecular complexity index is 181. The highest BCUT2D eigenvalue weighted by Crippen LogP contribution is 2.18. The van der Waals surface area contributed by atoms with Gasteiger partial charge in [0.25, 0.3) is 0 Å². The molecule has 0 spiro atoms. The third-order valence-corrected chi connectivity index (χ3v) is 4.33. The third-order valence-electron chi connectivity index (χ3n) is 4.33. The minimum Gasteiger partial charge on any atom is -0.317 e. The molecule has 17 heavy (non-hydrogen) atoms. The minimum atomic E-state index is 0.700. The van der Waals surface area contributed by atoms with E-state index in [0.717, 1.165) is 11.8 Å². The molecule has 1 rings (SSSR count). The Morgan fingerprint density at radius 2 is 1.71 bits per heavy atom. The Kier molecular flexibility index (Phi) is 7.14. The van der Waals surface area contributed by atoms with Gasteiger partial charge in [-0.3, -0.25) is 0 Å². The molecule has 2 nitrogen and oxygen atoms in total. The van der Waals surface area contributed by atoms with Crippen LogP contribution in [0.15, 0.2) is 0 Å². The highest BCUT2D eigenvalue weighted by atomic mass is 15.1. The van der Waals surface area contributed by atoms with Gasteiger partial charge in [-0.25, -0.2) is 0 Å². The van der Waals surface area contributed by atoms with Crippen molar-refractivity contribution in [2.75, 3.05) is 26.2 Å². The van der Waals surface area contributed by atoms with Gasteiger partial charge in [-0.15, -0.1) is 0 Å². The van der Waals surface area contributed by atoms with E-state index < -0.39 is 0 Å². The Morgan fingerprint density at radius 1 is 1.12 bits per heavy atom. The SMILES string of the molecule is CCC(CC)CN(CC1CCNCC1)C(C)C. The van der Waals surface area contributed by atoms with E-state index >= 15 is 0 Å². The molecule has 1 aliphatic rings. The maximum atomic E-state index is 3.46. The molecule has 1 N–H and O–H groups in total. The standard InChI is InChI=1S/C15H32N2/c1-5-14(6-2)11-17(13(3)4)12-15-7-9-16-10-8-15/h13-16H,5-12H2,1-4H3. The van der Waals surface area contributed by atoms with Crippen LogP contribution in [0, 0.1) is 11.8 Å². The monoisotopic (exact) mass is 240 g/mol. The lowest BCUT2D eigenvalue weighted by molar-refractivity contribution is 0.142. The Morgan fingerprint density at radius 3 is 2.18 bits per heavy atom. The molecule has 0 saturated carbocycles. The first-order valence-electron chi connectivity index (χ1n) is 7.62. The van der Waals surface area contributed by atoms with Crippen molar-refractivity contribution in [3.8, 4) is 0 Å². The summed E-state index contributed by atoms with van der Waals surface area (Å²) in [7, 11) is 0. The fraction of sp³-hybridized carbons (Fsp3) is 1.00. The number of rotatable bonds is 7. The Labute approximate surface area is 108 Å². The average Bonchev–Trinajstić information content (AvgIpc) is 2.35. The fourth-order valence-electron chi connectivity index (χ4n) is 2.77. The zero-order chi connectivity index (χ0) is 12.7. The normalized spacial score (nSPS) is 18.5. The van der Waals surface area contributed by atoms with Crippen LogP contribution < -0.4 is 5.32 Å². The van der Waals surface area contributed by atoms with Crippen LogP contribution in [0.2, 0.25) is 0 Å². The van der Waals surface area contributed by atoms with Crippen molar-refractivity contribution in [2.24, 2.45) is 11.8 Å². The van der Waals surface area contributed by atoms with E-state index in [2.05, 4.69) is 37.9 Å². The van der Waals surface area contributed by atoms with Gasteiger partial charge in [-0.1, -0.05) is 26.7 Å². The van der Waals surface area contributed by atoms with Gasteiger partial charge < -0.3 is 10.2 Å². The van der Waals surface area contributed by atoms with Crippen LogP contribution in [0.5, 0.6) is 0 Å². The molecule has 0 aromatic heterocycles. The van der Waals surface area contributed by atoms with E-state index in [9.17, 15) is 0 Å². The minimum absolute atomic E-state index is 0.700. The van der Waals surface area contributed by atoms with Crippen molar-refractivity contribution < 1.29 is 0 Å². The summed E-state index contributed by atoms with van der Waals surface area (Å²) in [5.74, 6) is 1.81. The molecule has 0 aromatic rings. The molecule has 1 heterocycles. The largest absolute Gasteiger partial charge is 0.317 e. The molecule has 0 aliphatic carbocycles. The van der Waals surface area contributed by atoms with Gasteiger partial charge in [-0.2, -0.15) is 0 Å². The summed E-state index contributed by atoms with van der Waals surface area (Å²) in [6, 6.07) is 0.700. The maximum absolute atomic E-state index is 3.46. The summed E-state index contributed by atoms with van der Waals surface area (Å²) in [5.41, 5.74) is 0. The predicted molar refractivity (Wildman–Crippen MR) is 76.4 cm³/mol. The van der Waals surface area contributed by atoms with Crippen molar-refractivity contribution in [2.45, 2.75) is 59.4 Å². The van der Waals surface area contributed by atoms with Gasteiger partial charge in [0.15, 0.2) is 0 Å². The second-order valence-electron chi connectivity index (χ2n) is 5.92. The molecule has 2 heteroatoms. The van der Waals surface area contributed by atoms with E-state index in [1.54, 1.807) is 0 Å². The number of nitrogens with one attached hydrogen (secondary N) is 1. The number of hydrogen-bond acceptors (Lipinski definition) is 2. The van der Waals surface area contributed by atoms with E-state index in [0.29, 0.717) is 6.04 Å². The van der Waals surface area contributed by atoms with Gasteiger partial charge in [-0.05, 0) is 51.6 Å². The van der Waals surface area contributed by atoms with Gasteiger partial charge in [0, 0.05) is 19.1 Å². The highest BCUT2D eigenvalue weighted by molar-refractivity contribution is 4.75.